The number of hydrogen-bond donors (Lipinski definition) is 0. The molecule has 66 heavy (non-hydrogen) atoms. The third-order valence-corrected chi connectivity index (χ3v) is 10.9. The summed E-state index contributed by atoms with van der Waals surface area (Å²) in [4.78, 5) is 18.0. The summed E-state index contributed by atoms with van der Waals surface area (Å²) in [6.45, 7) is 13.3. The topological polar surface area (TPSA) is 87.6 Å². The van der Waals surface area contributed by atoms with E-state index in [1.807, 2.05) is 54.7 Å². The summed E-state index contributed by atoms with van der Waals surface area (Å²) in [6, 6.07) is 50.1. The first kappa shape index (κ1) is 45.9. The fraction of sp³-hybridized carbons (Fsp3) is 0.148. The van der Waals surface area contributed by atoms with Gasteiger partial charge in [-0.3, -0.25) is 9.13 Å². The van der Waals surface area contributed by atoms with Crippen molar-refractivity contribution in [3.63, 3.8) is 0 Å². The van der Waals surface area contributed by atoms with E-state index in [0.29, 0.717) is 45.8 Å². The summed E-state index contributed by atoms with van der Waals surface area (Å²) < 4.78 is 20.5. The molecule has 0 saturated carbocycles. The quantitative estimate of drug-likeness (QED) is 0.106. The first-order chi connectivity index (χ1) is 30.9. The van der Waals surface area contributed by atoms with Gasteiger partial charge in [0.15, 0.2) is 0 Å². The van der Waals surface area contributed by atoms with Gasteiger partial charge in [0.05, 0.1) is 33.4 Å². The van der Waals surface area contributed by atoms with Gasteiger partial charge in [-0.2, -0.15) is 12.1 Å². The zero-order valence-electron chi connectivity index (χ0n) is 36.9. The minimum Gasteiger partial charge on any atom is -0.509 e. The van der Waals surface area contributed by atoms with Crippen LogP contribution in [0.2, 0.25) is 0 Å². The number of aromatic nitrogens is 8. The summed E-state index contributed by atoms with van der Waals surface area (Å²) in [5.74, 6) is 1.60. The number of hydrogen-bond acceptors (Lipinski definition) is 6. The molecule has 0 radical (unpaired) electrons. The largest absolute Gasteiger partial charge is 0.509 e. The fourth-order valence-corrected chi connectivity index (χ4v) is 7.48. The van der Waals surface area contributed by atoms with E-state index in [4.69, 9.17) is 9.47 Å². The molecular weight excluding hydrogens is 1180 g/mol. The van der Waals surface area contributed by atoms with E-state index in [2.05, 4.69) is 159 Å². The molecule has 334 valence electrons. The second kappa shape index (κ2) is 18.7. The molecular formula is C54H42N8O2Pt2-4. The van der Waals surface area contributed by atoms with Crippen LogP contribution in [0.15, 0.2) is 146 Å². The molecule has 0 saturated heterocycles. The van der Waals surface area contributed by atoms with Crippen LogP contribution in [-0.4, -0.2) is 29.1 Å². The Morgan fingerprint density at radius 3 is 1.24 bits per heavy atom. The Balaban J connectivity index is 0.00000296. The molecule has 6 heterocycles. The molecule has 0 N–H and O–H groups in total. The zero-order valence-corrected chi connectivity index (χ0v) is 41.4. The summed E-state index contributed by atoms with van der Waals surface area (Å²) in [5, 5.41) is 0. The first-order valence-electron chi connectivity index (χ1n) is 20.9. The van der Waals surface area contributed by atoms with Gasteiger partial charge >= 0.3 is 0 Å². The maximum atomic E-state index is 6.27. The molecule has 0 spiro atoms. The number of imidazole rings is 2. The molecule has 10 aromatic rings. The number of rotatable bonds is 9. The summed E-state index contributed by atoms with van der Waals surface area (Å²) in [7, 11) is 0. The second-order valence-electron chi connectivity index (χ2n) is 17.4. The van der Waals surface area contributed by atoms with Crippen molar-refractivity contribution >= 4 is 22.1 Å². The molecule has 10 nitrogen and oxygen atoms in total. The first-order valence-corrected chi connectivity index (χ1v) is 20.9. The number of ether oxygens (including phenoxy) is 2. The van der Waals surface area contributed by atoms with Crippen LogP contribution in [-0.2, 0) is 53.0 Å². The van der Waals surface area contributed by atoms with E-state index in [9.17, 15) is 0 Å². The van der Waals surface area contributed by atoms with Crippen molar-refractivity contribution in [2.45, 2.75) is 52.4 Å². The normalized spacial score (nSPS) is 11.5. The summed E-state index contributed by atoms with van der Waals surface area (Å²) in [5.41, 5.74) is 10.7. The third-order valence-electron chi connectivity index (χ3n) is 10.9. The SMILES string of the molecule is CC(C)(C)c1ccc(-n2[c-][n+](-c3[c-]c(Oc4[c-]c(-c5[c-]c(Oc6[c-]c(-[n+]7[c-]n(-c8ccc(C(C)(C)C)cc8)c8ccccc87)cnc6)ccn5)ncc4)cnc3)c3ccccc32)cc1.[Pt].[Pt]. The van der Waals surface area contributed by atoms with Crippen molar-refractivity contribution in [1.82, 2.24) is 29.1 Å². The molecule has 4 aromatic carbocycles. The monoisotopic (exact) mass is 1220 g/mol. The Hall–Kier alpha value is -6.60. The molecule has 0 aliphatic rings. The van der Waals surface area contributed by atoms with E-state index in [1.165, 1.54) is 11.1 Å². The molecule has 0 amide bonds. The molecule has 10 rings (SSSR count). The van der Waals surface area contributed by atoms with Crippen LogP contribution in [0.1, 0.15) is 52.7 Å². The molecule has 0 unspecified atom stereocenters. The van der Waals surface area contributed by atoms with E-state index < -0.39 is 0 Å². The van der Waals surface area contributed by atoms with Crippen molar-refractivity contribution in [2.24, 2.45) is 0 Å². The predicted molar refractivity (Wildman–Crippen MR) is 243 cm³/mol. The van der Waals surface area contributed by atoms with Gasteiger partial charge in [-0.1, -0.05) is 127 Å². The van der Waals surface area contributed by atoms with Crippen molar-refractivity contribution in [2.75, 3.05) is 0 Å². The maximum Gasteiger partial charge on any atom is 0.268 e. The Kier molecular flexibility index (Phi) is 13.0. The summed E-state index contributed by atoms with van der Waals surface area (Å²) in [6.07, 6.45) is 17.0. The standard InChI is InChI=1S/C54H42N8O2.2Pt/c1-53(2,3)37-15-19-39(20-16-37)59-35-61(51-13-9-7-11-49(51)59)41-27-45(33-55-31-41)63-43-23-25-57-47(29-43)48-30-44(24-26-58-48)64-46-28-42(32-56-34-46)62-36-60(50-12-8-10-14-52(50)62)40-21-17-38(18-22-40)54(4,5)6;;/h7-26,31-34H,1-6H3;;/q-4;;. The smallest absolute Gasteiger partial charge is 0.268 e. The minimum absolute atomic E-state index is 0. The second-order valence-corrected chi connectivity index (χ2v) is 17.4. The molecule has 0 aliphatic carbocycles. The minimum atomic E-state index is 0. The van der Waals surface area contributed by atoms with E-state index in [0.717, 1.165) is 33.4 Å². The van der Waals surface area contributed by atoms with Crippen LogP contribution >= 0.6 is 0 Å². The fourth-order valence-electron chi connectivity index (χ4n) is 7.48. The molecule has 0 aliphatic heterocycles. The number of fused-ring (bicyclic) bond motifs is 2. The van der Waals surface area contributed by atoms with Crippen molar-refractivity contribution in [3.05, 3.63) is 194 Å². The number of para-hydroxylation sites is 4. The molecule has 0 fully saturated rings. The van der Waals surface area contributed by atoms with Crippen LogP contribution in [0.25, 0.3) is 56.2 Å². The van der Waals surface area contributed by atoms with Crippen molar-refractivity contribution < 1.29 is 60.7 Å². The number of nitrogens with zero attached hydrogens (tertiary/aromatic N) is 8. The molecule has 0 atom stereocenters. The number of benzene rings is 4. The van der Waals surface area contributed by atoms with Crippen LogP contribution in [0.4, 0.5) is 0 Å². The Morgan fingerprint density at radius 2 is 0.848 bits per heavy atom. The van der Waals surface area contributed by atoms with Gasteiger partial charge in [-0.05, 0) is 82.4 Å². The molecule has 0 bridgehead atoms. The average Bonchev–Trinajstić information content (AvgIpc) is 3.89. The van der Waals surface area contributed by atoms with Gasteiger partial charge in [0.25, 0.3) is 12.7 Å². The Morgan fingerprint density at radius 1 is 0.455 bits per heavy atom. The van der Waals surface area contributed by atoms with Gasteiger partial charge in [-0.25, -0.2) is 0 Å². The number of pyridine rings is 4. The van der Waals surface area contributed by atoms with Gasteiger partial charge in [0, 0.05) is 65.1 Å². The van der Waals surface area contributed by atoms with Crippen molar-refractivity contribution in [1.29, 1.82) is 0 Å². The third kappa shape index (κ3) is 9.39. The van der Waals surface area contributed by atoms with Gasteiger partial charge in [0.2, 0.25) is 0 Å². The molecule has 12 heteroatoms. The molecule has 6 aromatic heterocycles. The van der Waals surface area contributed by atoms with Gasteiger partial charge < -0.3 is 38.5 Å². The van der Waals surface area contributed by atoms with E-state index in [1.54, 1.807) is 49.3 Å². The van der Waals surface area contributed by atoms with Crippen molar-refractivity contribution in [3.8, 4) is 57.1 Å². The van der Waals surface area contributed by atoms with Crippen LogP contribution in [0.3, 0.4) is 0 Å². The van der Waals surface area contributed by atoms with E-state index in [-0.39, 0.29) is 53.0 Å². The van der Waals surface area contributed by atoms with Crippen LogP contribution in [0, 0.1) is 36.9 Å². The van der Waals surface area contributed by atoms with Gasteiger partial charge in [0.1, 0.15) is 0 Å². The Bertz CT molecular complexity index is 3090. The van der Waals surface area contributed by atoms with Gasteiger partial charge in [-0.15, -0.1) is 35.7 Å². The van der Waals surface area contributed by atoms with E-state index >= 15 is 0 Å². The zero-order chi connectivity index (χ0) is 44.0. The predicted octanol–water partition coefficient (Wildman–Crippen LogP) is 10.4. The maximum absolute atomic E-state index is 6.27. The van der Waals surface area contributed by atoms with Crippen LogP contribution < -0.4 is 18.6 Å². The summed E-state index contributed by atoms with van der Waals surface area (Å²) >= 11 is 0. The Labute approximate surface area is 413 Å². The average molecular weight is 1230 g/mol. The van der Waals surface area contributed by atoms with Crippen LogP contribution in [0.5, 0.6) is 23.0 Å².